The molecule has 1 atom stereocenters. The number of carboxylic acids is 1. The van der Waals surface area contributed by atoms with Crippen LogP contribution in [0.25, 0.3) is 10.9 Å². The number of hydrogen-bond donors (Lipinski definition) is 1. The highest BCUT2D eigenvalue weighted by Gasteiger charge is 2.37. The topological polar surface area (TPSA) is 62.7 Å². The van der Waals surface area contributed by atoms with E-state index < -0.39 is 17.6 Å². The third-order valence-electron chi connectivity index (χ3n) is 7.13. The van der Waals surface area contributed by atoms with Gasteiger partial charge in [-0.15, -0.1) is 0 Å². The summed E-state index contributed by atoms with van der Waals surface area (Å²) < 4.78 is 34.0. The van der Waals surface area contributed by atoms with Gasteiger partial charge in [-0.3, -0.25) is 14.7 Å². The van der Waals surface area contributed by atoms with E-state index >= 15 is 4.39 Å². The lowest BCUT2D eigenvalue weighted by Crippen LogP contribution is -2.41. The number of piperidine rings is 1. The fraction of sp³-hybridized carbons (Fsp3) is 0.379. The maximum atomic E-state index is 15.7. The molecule has 194 valence electrons. The van der Waals surface area contributed by atoms with Crippen molar-refractivity contribution in [3.8, 4) is 17.6 Å². The molecule has 37 heavy (non-hydrogen) atoms. The molecule has 0 aliphatic carbocycles. The molecule has 1 saturated heterocycles. The minimum Gasteiger partial charge on any atom is -0.497 e. The first-order chi connectivity index (χ1) is 17.8. The first-order valence-corrected chi connectivity index (χ1v) is 12.6. The van der Waals surface area contributed by atoms with Crippen LogP contribution in [0.3, 0.4) is 0 Å². The van der Waals surface area contributed by atoms with Crippen molar-refractivity contribution in [3.63, 3.8) is 0 Å². The quantitative estimate of drug-likeness (QED) is 0.342. The van der Waals surface area contributed by atoms with Gasteiger partial charge in [0.25, 0.3) is 0 Å². The van der Waals surface area contributed by atoms with Gasteiger partial charge in [0.15, 0.2) is 0 Å². The molecule has 1 aliphatic rings. The number of alkyl halides is 1. The van der Waals surface area contributed by atoms with Crippen LogP contribution in [0.5, 0.6) is 5.75 Å². The van der Waals surface area contributed by atoms with E-state index in [9.17, 15) is 14.3 Å². The first kappa shape index (κ1) is 26.8. The molecule has 0 bridgehead atoms. The molecular weight excluding hydrogens is 498 g/mol. The Bertz CT molecular complexity index is 1310. The molecule has 0 amide bonds. The van der Waals surface area contributed by atoms with Crippen LogP contribution < -0.4 is 4.74 Å². The zero-order valence-corrected chi connectivity index (χ0v) is 21.4. The van der Waals surface area contributed by atoms with Gasteiger partial charge >= 0.3 is 5.97 Å². The number of likely N-dealkylation sites (tertiary alicyclic amines) is 1. The van der Waals surface area contributed by atoms with Crippen LogP contribution in [-0.2, 0) is 4.79 Å². The van der Waals surface area contributed by atoms with Crippen LogP contribution >= 0.6 is 11.6 Å². The maximum absolute atomic E-state index is 15.7. The molecular formula is C29H29ClF2N2O3. The number of methoxy groups -OCH3 is 1. The Balaban J connectivity index is 1.42. The second-order valence-corrected chi connectivity index (χ2v) is 9.97. The molecule has 0 unspecified atom stereocenters. The highest BCUT2D eigenvalue weighted by Crippen LogP contribution is 2.44. The summed E-state index contributed by atoms with van der Waals surface area (Å²) in [6, 6.07) is 11.3. The number of benzene rings is 2. The average Bonchev–Trinajstić information content (AvgIpc) is 2.89. The Morgan fingerprint density at radius 3 is 2.65 bits per heavy atom. The Morgan fingerprint density at radius 2 is 1.97 bits per heavy atom. The molecule has 0 radical (unpaired) electrons. The number of ether oxygens (including phenoxy) is 1. The summed E-state index contributed by atoms with van der Waals surface area (Å²) >= 11 is 6.38. The number of rotatable bonds is 8. The fourth-order valence-electron chi connectivity index (χ4n) is 5.00. The monoisotopic (exact) mass is 526 g/mol. The van der Waals surface area contributed by atoms with Crippen LogP contribution in [0.15, 0.2) is 48.7 Å². The van der Waals surface area contributed by atoms with Crippen LogP contribution in [0, 0.1) is 23.1 Å². The largest absolute Gasteiger partial charge is 0.497 e. The Hall–Kier alpha value is -3.21. The van der Waals surface area contributed by atoms with Crippen molar-refractivity contribution >= 4 is 28.5 Å². The number of hydrogen-bond acceptors (Lipinski definition) is 4. The smallest absolute Gasteiger partial charge is 0.303 e. The SMILES string of the molecule is COc1ccc2ncc(Cl)c([C@@H](F)CCC3(CC(=O)O)CCN(CC#Cc4ccc(F)cc4)CC3)c2c1. The normalized spacial score (nSPS) is 16.1. The number of halogens is 3. The maximum Gasteiger partial charge on any atom is 0.303 e. The molecule has 8 heteroatoms. The lowest BCUT2D eigenvalue weighted by molar-refractivity contribution is -0.141. The second-order valence-electron chi connectivity index (χ2n) is 9.56. The molecule has 0 spiro atoms. The van der Waals surface area contributed by atoms with Gasteiger partial charge in [-0.1, -0.05) is 23.4 Å². The van der Waals surface area contributed by atoms with Crippen molar-refractivity contribution in [2.45, 2.75) is 38.3 Å². The van der Waals surface area contributed by atoms with Crippen molar-refractivity contribution in [2.75, 3.05) is 26.7 Å². The van der Waals surface area contributed by atoms with E-state index in [0.29, 0.717) is 61.1 Å². The summed E-state index contributed by atoms with van der Waals surface area (Å²) in [5, 5.41) is 10.5. The summed E-state index contributed by atoms with van der Waals surface area (Å²) in [5.41, 5.74) is 1.24. The molecule has 5 nitrogen and oxygen atoms in total. The van der Waals surface area contributed by atoms with Crippen molar-refractivity contribution in [1.82, 2.24) is 9.88 Å². The van der Waals surface area contributed by atoms with Gasteiger partial charge in [-0.25, -0.2) is 8.78 Å². The van der Waals surface area contributed by atoms with Crippen LogP contribution in [-0.4, -0.2) is 47.7 Å². The molecule has 1 N–H and O–H groups in total. The lowest BCUT2D eigenvalue weighted by Gasteiger charge is -2.41. The number of pyridine rings is 1. The predicted molar refractivity (Wildman–Crippen MR) is 140 cm³/mol. The Morgan fingerprint density at radius 1 is 1.24 bits per heavy atom. The summed E-state index contributed by atoms with van der Waals surface area (Å²) in [4.78, 5) is 18.2. The van der Waals surface area contributed by atoms with Crippen molar-refractivity contribution < 1.29 is 23.4 Å². The summed E-state index contributed by atoms with van der Waals surface area (Å²) in [5.74, 6) is 5.55. The fourth-order valence-corrected chi connectivity index (χ4v) is 5.27. The van der Waals surface area contributed by atoms with E-state index in [1.54, 1.807) is 37.4 Å². The molecule has 1 aliphatic heterocycles. The van der Waals surface area contributed by atoms with E-state index in [0.717, 1.165) is 5.56 Å². The highest BCUT2D eigenvalue weighted by molar-refractivity contribution is 6.32. The first-order valence-electron chi connectivity index (χ1n) is 12.2. The highest BCUT2D eigenvalue weighted by atomic mass is 35.5. The summed E-state index contributed by atoms with van der Waals surface area (Å²) in [6.45, 7) is 1.89. The zero-order chi connectivity index (χ0) is 26.4. The minimum atomic E-state index is -1.37. The van der Waals surface area contributed by atoms with Gasteiger partial charge in [-0.05, 0) is 86.7 Å². The zero-order valence-electron chi connectivity index (χ0n) is 20.6. The van der Waals surface area contributed by atoms with Gasteiger partial charge in [0, 0.05) is 22.7 Å². The standard InChI is InChI=1S/C29H29ClF2N2O3/c1-37-22-8-9-26-23(17-22)28(24(30)19-33-26)25(32)10-11-29(18-27(35)36)12-15-34(16-13-29)14-2-3-20-4-6-21(31)7-5-20/h4-9,17,19,25H,10-16,18H2,1H3,(H,35,36)/t25-/m0/s1. The van der Waals surface area contributed by atoms with E-state index in [4.69, 9.17) is 16.3 Å². The molecule has 1 aromatic heterocycles. The number of fused-ring (bicyclic) bond motifs is 1. The van der Waals surface area contributed by atoms with Crippen LogP contribution in [0.4, 0.5) is 8.78 Å². The van der Waals surface area contributed by atoms with Crippen LogP contribution in [0.2, 0.25) is 5.02 Å². The number of carboxylic acid groups (broad SMARTS) is 1. The molecule has 4 rings (SSSR count). The number of aliphatic carboxylic acids is 1. The molecule has 0 saturated carbocycles. The lowest BCUT2D eigenvalue weighted by atomic mass is 9.71. The predicted octanol–water partition coefficient (Wildman–Crippen LogP) is 6.44. The molecule has 2 heterocycles. The van der Waals surface area contributed by atoms with Gasteiger partial charge in [0.2, 0.25) is 0 Å². The van der Waals surface area contributed by atoms with E-state index in [2.05, 4.69) is 21.7 Å². The van der Waals surface area contributed by atoms with E-state index in [1.807, 2.05) is 0 Å². The third kappa shape index (κ3) is 6.76. The molecule has 1 fully saturated rings. The average molecular weight is 527 g/mol. The number of aromatic nitrogens is 1. The van der Waals surface area contributed by atoms with Gasteiger partial charge in [-0.2, -0.15) is 0 Å². The van der Waals surface area contributed by atoms with Crippen molar-refractivity contribution in [1.29, 1.82) is 0 Å². The van der Waals surface area contributed by atoms with Crippen molar-refractivity contribution in [2.24, 2.45) is 5.41 Å². The Labute approximate surface area is 220 Å². The summed E-state index contributed by atoms with van der Waals surface area (Å²) in [7, 11) is 1.54. The second kappa shape index (κ2) is 11.9. The van der Waals surface area contributed by atoms with Gasteiger partial charge in [0.1, 0.15) is 17.7 Å². The number of nitrogens with zero attached hydrogens (tertiary/aromatic N) is 2. The van der Waals surface area contributed by atoms with Crippen molar-refractivity contribution in [3.05, 3.63) is 70.6 Å². The van der Waals surface area contributed by atoms with E-state index in [-0.39, 0.29) is 23.7 Å². The third-order valence-corrected chi connectivity index (χ3v) is 7.43. The van der Waals surface area contributed by atoms with Gasteiger partial charge in [0.05, 0.1) is 30.6 Å². The Kier molecular flexibility index (Phi) is 8.63. The molecule has 2 aromatic carbocycles. The molecule has 3 aromatic rings. The number of carbonyl (C=O) groups is 1. The van der Waals surface area contributed by atoms with Gasteiger partial charge < -0.3 is 9.84 Å². The minimum absolute atomic E-state index is 0.00648. The van der Waals surface area contributed by atoms with E-state index in [1.165, 1.54) is 18.3 Å². The summed E-state index contributed by atoms with van der Waals surface area (Å²) in [6.07, 6.45) is 1.96. The van der Waals surface area contributed by atoms with Crippen LogP contribution in [0.1, 0.15) is 49.4 Å².